The van der Waals surface area contributed by atoms with Crippen molar-refractivity contribution in [1.82, 2.24) is 5.32 Å². The van der Waals surface area contributed by atoms with Crippen LogP contribution in [-0.2, 0) is 19.1 Å². The van der Waals surface area contributed by atoms with Gasteiger partial charge in [0.1, 0.15) is 0 Å². The smallest absolute Gasteiger partial charge is 0.305 e. The Balaban J connectivity index is 1.73. The summed E-state index contributed by atoms with van der Waals surface area (Å²) in [6.07, 6.45) is 0.932. The Morgan fingerprint density at radius 1 is 1.30 bits per heavy atom. The highest BCUT2D eigenvalue weighted by atomic mass is 16.5. The molecule has 2 amide bonds. The number of carbonyl (C=O) groups is 3. The van der Waals surface area contributed by atoms with E-state index < -0.39 is 17.4 Å². The molecule has 2 aliphatic rings. The van der Waals surface area contributed by atoms with Crippen molar-refractivity contribution in [3.63, 3.8) is 0 Å². The maximum absolute atomic E-state index is 12.9. The van der Waals surface area contributed by atoms with Gasteiger partial charge in [-0.15, -0.1) is 0 Å². The minimum Gasteiger partial charge on any atom is -0.481 e. The van der Waals surface area contributed by atoms with Gasteiger partial charge in [0.25, 0.3) is 0 Å². The third kappa shape index (κ3) is 4.13. The van der Waals surface area contributed by atoms with E-state index in [9.17, 15) is 19.5 Å². The van der Waals surface area contributed by atoms with Crippen LogP contribution in [0, 0.1) is 19.8 Å². The van der Waals surface area contributed by atoms with E-state index in [1.165, 1.54) is 0 Å². The highest BCUT2D eigenvalue weighted by Crippen LogP contribution is 2.31. The van der Waals surface area contributed by atoms with E-state index >= 15 is 0 Å². The molecule has 27 heavy (non-hydrogen) atoms. The van der Waals surface area contributed by atoms with Crippen molar-refractivity contribution >= 4 is 23.5 Å². The summed E-state index contributed by atoms with van der Waals surface area (Å²) in [5, 5.41) is 12.2. The first kappa shape index (κ1) is 19.4. The number of carboxylic acid groups (broad SMARTS) is 1. The van der Waals surface area contributed by atoms with Gasteiger partial charge >= 0.3 is 5.97 Å². The highest BCUT2D eigenvalue weighted by Gasteiger charge is 2.41. The Bertz CT molecular complexity index is 755. The molecule has 0 saturated carbocycles. The fourth-order valence-electron chi connectivity index (χ4n) is 3.91. The molecule has 0 aliphatic carbocycles. The molecule has 7 nitrogen and oxygen atoms in total. The number of ether oxygens (including phenoxy) is 1. The van der Waals surface area contributed by atoms with Gasteiger partial charge in [0.2, 0.25) is 11.8 Å². The van der Waals surface area contributed by atoms with Crippen molar-refractivity contribution in [2.24, 2.45) is 5.92 Å². The predicted molar refractivity (Wildman–Crippen MR) is 99.6 cm³/mol. The number of aliphatic carboxylic acids is 1. The summed E-state index contributed by atoms with van der Waals surface area (Å²) in [5.41, 5.74) is 2.16. The number of carbonyl (C=O) groups excluding carboxylic acids is 2. The van der Waals surface area contributed by atoms with Crippen LogP contribution < -0.4 is 10.2 Å². The molecule has 2 N–H and O–H groups in total. The summed E-state index contributed by atoms with van der Waals surface area (Å²) in [6, 6.07) is 5.79. The Morgan fingerprint density at radius 2 is 2.00 bits per heavy atom. The molecule has 1 unspecified atom stereocenters. The van der Waals surface area contributed by atoms with E-state index in [2.05, 4.69) is 5.32 Å². The van der Waals surface area contributed by atoms with E-state index in [1.807, 2.05) is 32.0 Å². The first-order valence-electron chi connectivity index (χ1n) is 9.29. The van der Waals surface area contributed by atoms with Gasteiger partial charge in [-0.25, -0.2) is 0 Å². The topological polar surface area (TPSA) is 95.9 Å². The molecule has 2 saturated heterocycles. The summed E-state index contributed by atoms with van der Waals surface area (Å²) in [4.78, 5) is 38.3. The van der Waals surface area contributed by atoms with Crippen LogP contribution >= 0.6 is 0 Å². The summed E-state index contributed by atoms with van der Waals surface area (Å²) in [6.45, 7) is 5.12. The normalized spacial score (nSPS) is 21.9. The number of nitrogens with one attached hydrogen (secondary N) is 1. The summed E-state index contributed by atoms with van der Waals surface area (Å²) in [7, 11) is 0. The average Bonchev–Trinajstić information content (AvgIpc) is 2.99. The molecule has 2 fully saturated rings. The van der Waals surface area contributed by atoms with Crippen LogP contribution in [0.15, 0.2) is 18.2 Å². The first-order chi connectivity index (χ1) is 12.8. The maximum atomic E-state index is 12.9. The number of rotatable bonds is 5. The van der Waals surface area contributed by atoms with Crippen LogP contribution in [-0.4, -0.2) is 48.2 Å². The van der Waals surface area contributed by atoms with Crippen LogP contribution in [0.5, 0.6) is 0 Å². The summed E-state index contributed by atoms with van der Waals surface area (Å²) < 4.78 is 5.32. The number of aryl methyl sites for hydroxylation is 1. The molecular formula is C20H26N2O5. The minimum absolute atomic E-state index is 0.0805. The second-order valence-electron chi connectivity index (χ2n) is 7.58. The number of amides is 2. The van der Waals surface area contributed by atoms with Gasteiger partial charge in [0, 0.05) is 31.9 Å². The molecule has 0 bridgehead atoms. The van der Waals surface area contributed by atoms with E-state index in [0.717, 1.165) is 16.8 Å². The average molecular weight is 374 g/mol. The van der Waals surface area contributed by atoms with Crippen LogP contribution in [0.1, 0.15) is 36.8 Å². The molecule has 1 aromatic rings. The van der Waals surface area contributed by atoms with E-state index in [0.29, 0.717) is 32.6 Å². The summed E-state index contributed by atoms with van der Waals surface area (Å²) in [5.74, 6) is -1.76. The Hall–Kier alpha value is -2.41. The quantitative estimate of drug-likeness (QED) is 0.819. The Kier molecular flexibility index (Phi) is 5.51. The van der Waals surface area contributed by atoms with Crippen molar-refractivity contribution in [3.05, 3.63) is 29.3 Å². The zero-order valence-corrected chi connectivity index (χ0v) is 15.8. The molecule has 2 heterocycles. The fourth-order valence-corrected chi connectivity index (χ4v) is 3.91. The van der Waals surface area contributed by atoms with E-state index in [1.54, 1.807) is 4.90 Å². The molecule has 0 radical (unpaired) electrons. The molecule has 2 aliphatic heterocycles. The molecule has 7 heteroatoms. The molecule has 3 rings (SSSR count). The first-order valence-corrected chi connectivity index (χ1v) is 9.29. The second-order valence-corrected chi connectivity index (χ2v) is 7.58. The van der Waals surface area contributed by atoms with Crippen LogP contribution in [0.3, 0.4) is 0 Å². The second kappa shape index (κ2) is 7.68. The standard InChI is InChI=1S/C20H26N2O5/c1-13-4-3-5-16(14(13)2)22-12-15(10-17(22)23)19(26)21-20(11-18(24)25)6-8-27-9-7-20/h3-5,15H,6-12H2,1-2H3,(H,21,26)(H,24,25). The van der Waals surface area contributed by atoms with Gasteiger partial charge in [-0.3, -0.25) is 14.4 Å². The number of anilines is 1. The molecule has 0 aromatic heterocycles. The molecule has 1 aromatic carbocycles. The summed E-state index contributed by atoms with van der Waals surface area (Å²) >= 11 is 0. The number of hydrogen-bond donors (Lipinski definition) is 2. The van der Waals surface area contributed by atoms with Gasteiger partial charge < -0.3 is 20.1 Å². The zero-order chi connectivity index (χ0) is 19.6. The number of carboxylic acids is 1. The van der Waals surface area contributed by atoms with Crippen molar-refractivity contribution < 1.29 is 24.2 Å². The van der Waals surface area contributed by atoms with Crippen molar-refractivity contribution in [2.45, 2.75) is 45.1 Å². The highest BCUT2D eigenvalue weighted by molar-refractivity contribution is 6.01. The monoisotopic (exact) mass is 374 g/mol. The van der Waals surface area contributed by atoms with Gasteiger partial charge in [0.15, 0.2) is 0 Å². The lowest BCUT2D eigenvalue weighted by molar-refractivity contribution is -0.141. The van der Waals surface area contributed by atoms with E-state index in [4.69, 9.17) is 4.74 Å². The van der Waals surface area contributed by atoms with Crippen LogP contribution in [0.4, 0.5) is 5.69 Å². The Labute approximate surface area is 158 Å². The lowest BCUT2D eigenvalue weighted by Crippen LogP contribution is -2.54. The van der Waals surface area contributed by atoms with Crippen LogP contribution in [0.25, 0.3) is 0 Å². The lowest BCUT2D eigenvalue weighted by atomic mass is 9.85. The fraction of sp³-hybridized carbons (Fsp3) is 0.550. The third-order valence-electron chi connectivity index (χ3n) is 5.69. The minimum atomic E-state index is -0.947. The number of hydrogen-bond acceptors (Lipinski definition) is 4. The number of nitrogens with zero attached hydrogens (tertiary/aromatic N) is 1. The maximum Gasteiger partial charge on any atom is 0.305 e. The van der Waals surface area contributed by atoms with E-state index in [-0.39, 0.29) is 24.7 Å². The van der Waals surface area contributed by atoms with Gasteiger partial charge in [-0.05, 0) is 43.9 Å². The predicted octanol–water partition coefficient (Wildman–Crippen LogP) is 1.80. The Morgan fingerprint density at radius 3 is 2.67 bits per heavy atom. The lowest BCUT2D eigenvalue weighted by Gasteiger charge is -2.37. The largest absolute Gasteiger partial charge is 0.481 e. The molecule has 0 spiro atoms. The number of benzene rings is 1. The van der Waals surface area contributed by atoms with Crippen molar-refractivity contribution in [3.8, 4) is 0 Å². The molecule has 146 valence electrons. The van der Waals surface area contributed by atoms with Crippen LogP contribution in [0.2, 0.25) is 0 Å². The van der Waals surface area contributed by atoms with Gasteiger partial charge in [-0.1, -0.05) is 12.1 Å². The zero-order valence-electron chi connectivity index (χ0n) is 15.8. The van der Waals surface area contributed by atoms with Crippen molar-refractivity contribution in [1.29, 1.82) is 0 Å². The van der Waals surface area contributed by atoms with Gasteiger partial charge in [0.05, 0.1) is 17.9 Å². The third-order valence-corrected chi connectivity index (χ3v) is 5.69. The SMILES string of the molecule is Cc1cccc(N2CC(C(=O)NC3(CC(=O)O)CCOCC3)CC2=O)c1C. The van der Waals surface area contributed by atoms with Gasteiger partial charge in [-0.2, -0.15) is 0 Å². The molecular weight excluding hydrogens is 348 g/mol. The van der Waals surface area contributed by atoms with Crippen molar-refractivity contribution in [2.75, 3.05) is 24.7 Å². The molecule has 1 atom stereocenters.